The van der Waals surface area contributed by atoms with Gasteiger partial charge in [-0.3, -0.25) is 4.98 Å². The largest absolute Gasteiger partial charge is 0.383 e. The smallest absolute Gasteiger partial charge is 0.108 e. The predicted octanol–water partition coefficient (Wildman–Crippen LogP) is 4.12. The molecule has 2 rings (SSSR count). The Morgan fingerprint density at radius 2 is 1.76 bits per heavy atom. The number of aliphatic hydroxyl groups is 1. The van der Waals surface area contributed by atoms with Crippen molar-refractivity contribution in [2.24, 2.45) is 0 Å². The number of halogens is 3. The Bertz CT molecular complexity index is 545. The Balaban J connectivity index is 2.48. The molecule has 0 aliphatic carbocycles. The summed E-state index contributed by atoms with van der Waals surface area (Å²) in [6.07, 6.45) is 2.12. The average molecular weight is 289 g/mol. The van der Waals surface area contributed by atoms with Crippen LogP contribution in [-0.4, -0.2) is 10.1 Å². The first-order valence-corrected chi connectivity index (χ1v) is 5.96. The molecule has 0 amide bonds. The van der Waals surface area contributed by atoms with Gasteiger partial charge in [-0.15, -0.1) is 0 Å². The van der Waals surface area contributed by atoms with Gasteiger partial charge in [0.1, 0.15) is 6.10 Å². The van der Waals surface area contributed by atoms with Gasteiger partial charge in [0, 0.05) is 28.5 Å². The fourth-order valence-electron chi connectivity index (χ4n) is 1.49. The van der Waals surface area contributed by atoms with Gasteiger partial charge in [-0.1, -0.05) is 46.9 Å². The van der Waals surface area contributed by atoms with E-state index < -0.39 is 6.10 Å². The standard InChI is InChI=1S/C12H8Cl3NO/c13-9-4-5-16-6-8(9)12(17)7-2-1-3-10(14)11(7)15/h1-6,12,17H/t12-/m1/s1. The summed E-state index contributed by atoms with van der Waals surface area (Å²) in [7, 11) is 0. The molecule has 1 aromatic carbocycles. The lowest BCUT2D eigenvalue weighted by Gasteiger charge is -2.14. The van der Waals surface area contributed by atoms with Crippen LogP contribution in [0.1, 0.15) is 17.2 Å². The van der Waals surface area contributed by atoms with E-state index in [1.807, 2.05) is 0 Å². The van der Waals surface area contributed by atoms with E-state index in [0.29, 0.717) is 26.2 Å². The molecular weight excluding hydrogens is 280 g/mol. The summed E-state index contributed by atoms with van der Waals surface area (Å²) in [5, 5.41) is 11.4. The van der Waals surface area contributed by atoms with Gasteiger partial charge in [0.15, 0.2) is 0 Å². The number of rotatable bonds is 2. The predicted molar refractivity (Wildman–Crippen MR) is 69.8 cm³/mol. The molecule has 0 saturated heterocycles. The molecule has 17 heavy (non-hydrogen) atoms. The number of aliphatic hydroxyl groups excluding tert-OH is 1. The van der Waals surface area contributed by atoms with Crippen LogP contribution in [0.5, 0.6) is 0 Å². The highest BCUT2D eigenvalue weighted by molar-refractivity contribution is 6.42. The van der Waals surface area contributed by atoms with Crippen LogP contribution < -0.4 is 0 Å². The first-order chi connectivity index (χ1) is 8.11. The lowest BCUT2D eigenvalue weighted by molar-refractivity contribution is 0.220. The molecule has 0 fully saturated rings. The van der Waals surface area contributed by atoms with Gasteiger partial charge in [0.25, 0.3) is 0 Å². The number of hydrogen-bond acceptors (Lipinski definition) is 2. The van der Waals surface area contributed by atoms with Crippen LogP contribution in [0.4, 0.5) is 0 Å². The van der Waals surface area contributed by atoms with Crippen LogP contribution in [0, 0.1) is 0 Å². The van der Waals surface area contributed by atoms with Crippen molar-refractivity contribution in [1.29, 1.82) is 0 Å². The maximum absolute atomic E-state index is 10.2. The highest BCUT2D eigenvalue weighted by Gasteiger charge is 2.18. The van der Waals surface area contributed by atoms with Crippen LogP contribution in [0.3, 0.4) is 0 Å². The van der Waals surface area contributed by atoms with Gasteiger partial charge in [-0.05, 0) is 12.1 Å². The van der Waals surface area contributed by atoms with Crippen LogP contribution in [0.2, 0.25) is 15.1 Å². The molecule has 0 saturated carbocycles. The number of aromatic nitrogens is 1. The van der Waals surface area contributed by atoms with Crippen molar-refractivity contribution in [2.45, 2.75) is 6.10 Å². The Labute approximate surface area is 114 Å². The molecule has 0 aliphatic heterocycles. The first kappa shape index (κ1) is 12.7. The van der Waals surface area contributed by atoms with Crippen LogP contribution in [0.15, 0.2) is 36.7 Å². The molecule has 5 heteroatoms. The fraction of sp³-hybridized carbons (Fsp3) is 0.0833. The minimum absolute atomic E-state index is 0.321. The van der Waals surface area contributed by atoms with E-state index in [1.54, 1.807) is 30.5 Å². The average Bonchev–Trinajstić information content (AvgIpc) is 2.32. The topological polar surface area (TPSA) is 33.1 Å². The van der Waals surface area contributed by atoms with Crippen molar-refractivity contribution in [3.05, 3.63) is 62.9 Å². The van der Waals surface area contributed by atoms with E-state index in [4.69, 9.17) is 34.8 Å². The summed E-state index contributed by atoms with van der Waals surface area (Å²) in [6.45, 7) is 0. The second-order valence-electron chi connectivity index (χ2n) is 3.44. The zero-order valence-electron chi connectivity index (χ0n) is 8.57. The molecule has 88 valence electrons. The number of pyridine rings is 1. The second-order valence-corrected chi connectivity index (χ2v) is 4.64. The van der Waals surface area contributed by atoms with Gasteiger partial charge in [-0.2, -0.15) is 0 Å². The molecule has 0 radical (unpaired) electrons. The Hall–Kier alpha value is -0.800. The maximum atomic E-state index is 10.2. The third-order valence-electron chi connectivity index (χ3n) is 2.37. The monoisotopic (exact) mass is 287 g/mol. The maximum Gasteiger partial charge on any atom is 0.108 e. The molecule has 0 spiro atoms. The SMILES string of the molecule is O[C@@H](c1cnccc1Cl)c1cccc(Cl)c1Cl. The van der Waals surface area contributed by atoms with Crippen molar-refractivity contribution in [3.63, 3.8) is 0 Å². The van der Waals surface area contributed by atoms with Gasteiger partial charge < -0.3 is 5.11 Å². The molecule has 0 unspecified atom stereocenters. The minimum atomic E-state index is -0.942. The molecular formula is C12H8Cl3NO. The van der Waals surface area contributed by atoms with Crippen molar-refractivity contribution in [1.82, 2.24) is 4.98 Å². The molecule has 0 aliphatic rings. The highest BCUT2D eigenvalue weighted by Crippen LogP contribution is 2.34. The normalized spacial score (nSPS) is 12.5. The summed E-state index contributed by atoms with van der Waals surface area (Å²) >= 11 is 17.9. The summed E-state index contributed by atoms with van der Waals surface area (Å²) in [4.78, 5) is 3.92. The third-order valence-corrected chi connectivity index (χ3v) is 3.54. The highest BCUT2D eigenvalue weighted by atomic mass is 35.5. The quantitative estimate of drug-likeness (QED) is 0.901. The van der Waals surface area contributed by atoms with Crippen molar-refractivity contribution in [3.8, 4) is 0 Å². The third kappa shape index (κ3) is 2.55. The molecule has 2 aromatic rings. The van der Waals surface area contributed by atoms with E-state index in [9.17, 15) is 5.11 Å². The van der Waals surface area contributed by atoms with Crippen molar-refractivity contribution in [2.75, 3.05) is 0 Å². The lowest BCUT2D eigenvalue weighted by Crippen LogP contribution is -2.02. The number of benzene rings is 1. The van der Waals surface area contributed by atoms with E-state index in [2.05, 4.69) is 4.98 Å². The van der Waals surface area contributed by atoms with E-state index >= 15 is 0 Å². The van der Waals surface area contributed by atoms with E-state index in [0.717, 1.165) is 0 Å². The molecule has 2 nitrogen and oxygen atoms in total. The fourth-order valence-corrected chi connectivity index (χ4v) is 2.11. The first-order valence-electron chi connectivity index (χ1n) is 4.82. The minimum Gasteiger partial charge on any atom is -0.383 e. The van der Waals surface area contributed by atoms with E-state index in [-0.39, 0.29) is 0 Å². The second kappa shape index (κ2) is 5.23. The molecule has 0 bridgehead atoms. The summed E-state index contributed by atoms with van der Waals surface area (Å²) < 4.78 is 0. The molecule has 1 atom stereocenters. The van der Waals surface area contributed by atoms with Gasteiger partial charge in [0.2, 0.25) is 0 Å². The number of hydrogen-bond donors (Lipinski definition) is 1. The summed E-state index contributed by atoms with van der Waals surface area (Å²) in [5.74, 6) is 0. The van der Waals surface area contributed by atoms with Crippen molar-refractivity contribution >= 4 is 34.8 Å². The summed E-state index contributed by atoms with van der Waals surface area (Å²) in [6, 6.07) is 6.68. The Kier molecular flexibility index (Phi) is 3.89. The van der Waals surface area contributed by atoms with Crippen molar-refractivity contribution < 1.29 is 5.11 Å². The zero-order valence-corrected chi connectivity index (χ0v) is 10.8. The molecule has 1 N–H and O–H groups in total. The van der Waals surface area contributed by atoms with Crippen LogP contribution >= 0.6 is 34.8 Å². The Morgan fingerprint density at radius 1 is 1.00 bits per heavy atom. The van der Waals surface area contributed by atoms with Crippen LogP contribution in [0.25, 0.3) is 0 Å². The van der Waals surface area contributed by atoms with Gasteiger partial charge in [-0.25, -0.2) is 0 Å². The lowest BCUT2D eigenvalue weighted by atomic mass is 10.0. The molecule has 1 heterocycles. The van der Waals surface area contributed by atoms with Gasteiger partial charge >= 0.3 is 0 Å². The Morgan fingerprint density at radius 3 is 2.47 bits per heavy atom. The van der Waals surface area contributed by atoms with Gasteiger partial charge in [0.05, 0.1) is 10.0 Å². The number of nitrogens with zero attached hydrogens (tertiary/aromatic N) is 1. The summed E-state index contributed by atoms with van der Waals surface area (Å²) in [5.41, 5.74) is 1.01. The van der Waals surface area contributed by atoms with E-state index in [1.165, 1.54) is 6.20 Å². The van der Waals surface area contributed by atoms with Crippen LogP contribution in [-0.2, 0) is 0 Å². The zero-order chi connectivity index (χ0) is 12.4. The molecule has 1 aromatic heterocycles.